The molecule has 0 spiro atoms. The Morgan fingerprint density at radius 2 is 2.33 bits per heavy atom. The molecule has 7 heteroatoms. The molecule has 0 aliphatic carbocycles. The highest BCUT2D eigenvalue weighted by Gasteiger charge is 2.17. The van der Waals surface area contributed by atoms with Gasteiger partial charge in [0.15, 0.2) is 5.82 Å². The summed E-state index contributed by atoms with van der Waals surface area (Å²) in [5.41, 5.74) is 0.754. The van der Waals surface area contributed by atoms with Crippen molar-refractivity contribution in [1.82, 2.24) is 20.2 Å². The fraction of sp³-hybridized carbons (Fsp3) is 0.273. The zero-order chi connectivity index (χ0) is 13.1. The molecule has 0 radical (unpaired) electrons. The zero-order valence-corrected chi connectivity index (χ0v) is 10.4. The monoisotopic (exact) mass is 266 g/mol. The van der Waals surface area contributed by atoms with Crippen molar-refractivity contribution in [3.05, 3.63) is 29.3 Å². The van der Waals surface area contributed by atoms with E-state index in [-0.39, 0.29) is 12.5 Å². The number of carboxylic acid groups (broad SMARTS) is 1. The van der Waals surface area contributed by atoms with Crippen LogP contribution in [0.3, 0.4) is 0 Å². The van der Waals surface area contributed by atoms with Crippen molar-refractivity contribution < 1.29 is 9.90 Å². The van der Waals surface area contributed by atoms with E-state index in [0.717, 1.165) is 5.56 Å². The first kappa shape index (κ1) is 12.5. The first-order valence-electron chi connectivity index (χ1n) is 5.33. The number of aromatic nitrogens is 4. The number of aliphatic carboxylic acids is 1. The second kappa shape index (κ2) is 5.14. The molecule has 0 bridgehead atoms. The van der Waals surface area contributed by atoms with Crippen LogP contribution in [0.4, 0.5) is 0 Å². The maximum atomic E-state index is 10.7. The van der Waals surface area contributed by atoms with E-state index >= 15 is 0 Å². The topological polar surface area (TPSA) is 80.9 Å². The molecule has 1 aromatic carbocycles. The number of carbonyl (C=O) groups is 1. The minimum atomic E-state index is -0.893. The van der Waals surface area contributed by atoms with E-state index < -0.39 is 5.97 Å². The van der Waals surface area contributed by atoms with Crippen LogP contribution in [-0.2, 0) is 4.79 Å². The van der Waals surface area contributed by atoms with E-state index in [0.29, 0.717) is 10.8 Å². The van der Waals surface area contributed by atoms with Crippen molar-refractivity contribution >= 4 is 17.6 Å². The van der Waals surface area contributed by atoms with Crippen LogP contribution >= 0.6 is 11.6 Å². The summed E-state index contributed by atoms with van der Waals surface area (Å²) in [6, 6.07) is 6.77. The summed E-state index contributed by atoms with van der Waals surface area (Å²) in [5.74, 6) is -0.388. The Hall–Kier alpha value is -1.95. The summed E-state index contributed by atoms with van der Waals surface area (Å²) in [7, 11) is 0. The number of carboxylic acids is 1. The van der Waals surface area contributed by atoms with Crippen molar-refractivity contribution in [3.8, 4) is 11.4 Å². The molecule has 94 valence electrons. The summed E-state index contributed by atoms with van der Waals surface area (Å²) >= 11 is 5.91. The SMILES string of the molecule is CC(CC(=O)O)n1nnnc1-c1cccc(Cl)c1. The van der Waals surface area contributed by atoms with Gasteiger partial charge in [0.05, 0.1) is 12.5 Å². The molecule has 2 rings (SSSR count). The lowest BCUT2D eigenvalue weighted by Crippen LogP contribution is -2.13. The average molecular weight is 267 g/mol. The van der Waals surface area contributed by atoms with Gasteiger partial charge in [0, 0.05) is 10.6 Å². The Kier molecular flexibility index (Phi) is 3.57. The molecule has 18 heavy (non-hydrogen) atoms. The van der Waals surface area contributed by atoms with Gasteiger partial charge in [-0.05, 0) is 29.5 Å². The number of tetrazole rings is 1. The predicted octanol–water partition coefficient (Wildman–Crippen LogP) is 2.03. The standard InChI is InChI=1S/C11H11ClN4O2/c1-7(5-10(17)18)16-11(13-14-15-16)8-3-2-4-9(12)6-8/h2-4,6-7H,5H2,1H3,(H,17,18). The van der Waals surface area contributed by atoms with E-state index in [9.17, 15) is 4.79 Å². The van der Waals surface area contributed by atoms with Crippen LogP contribution < -0.4 is 0 Å². The van der Waals surface area contributed by atoms with Gasteiger partial charge in [-0.3, -0.25) is 4.79 Å². The summed E-state index contributed by atoms with van der Waals surface area (Å²) in [6.45, 7) is 1.75. The third-order valence-electron chi connectivity index (χ3n) is 2.46. The number of rotatable bonds is 4. The highest BCUT2D eigenvalue weighted by Crippen LogP contribution is 2.23. The second-order valence-corrected chi connectivity index (χ2v) is 4.34. The van der Waals surface area contributed by atoms with Crippen LogP contribution in [0.2, 0.25) is 5.02 Å². The Bertz CT molecular complexity index is 570. The molecule has 0 aliphatic rings. The van der Waals surface area contributed by atoms with Crippen LogP contribution in [0.25, 0.3) is 11.4 Å². The van der Waals surface area contributed by atoms with Gasteiger partial charge < -0.3 is 5.11 Å². The van der Waals surface area contributed by atoms with Gasteiger partial charge in [-0.2, -0.15) is 0 Å². The summed E-state index contributed by atoms with van der Waals surface area (Å²) in [4.78, 5) is 10.7. The Morgan fingerprint density at radius 1 is 1.56 bits per heavy atom. The smallest absolute Gasteiger partial charge is 0.305 e. The van der Waals surface area contributed by atoms with Crippen molar-refractivity contribution in [2.24, 2.45) is 0 Å². The molecule has 1 atom stereocenters. The van der Waals surface area contributed by atoms with Crippen LogP contribution in [0.5, 0.6) is 0 Å². The minimum Gasteiger partial charge on any atom is -0.481 e. The van der Waals surface area contributed by atoms with Crippen molar-refractivity contribution in [2.45, 2.75) is 19.4 Å². The zero-order valence-electron chi connectivity index (χ0n) is 9.62. The molecular formula is C11H11ClN4O2. The maximum absolute atomic E-state index is 10.7. The summed E-state index contributed by atoms with van der Waals surface area (Å²) in [5, 5.41) is 20.7. The molecule has 6 nitrogen and oxygen atoms in total. The van der Waals surface area contributed by atoms with Crippen molar-refractivity contribution in [2.75, 3.05) is 0 Å². The molecule has 0 saturated heterocycles. The van der Waals surface area contributed by atoms with Crippen LogP contribution in [0.15, 0.2) is 24.3 Å². The molecule has 1 unspecified atom stereocenters. The second-order valence-electron chi connectivity index (χ2n) is 3.90. The number of benzene rings is 1. The largest absolute Gasteiger partial charge is 0.481 e. The molecule has 1 N–H and O–H groups in total. The fourth-order valence-corrected chi connectivity index (χ4v) is 1.84. The van der Waals surface area contributed by atoms with Gasteiger partial charge in [-0.25, -0.2) is 4.68 Å². The Labute approximate surface area is 108 Å². The van der Waals surface area contributed by atoms with Crippen molar-refractivity contribution in [1.29, 1.82) is 0 Å². The van der Waals surface area contributed by atoms with Gasteiger partial charge in [0.1, 0.15) is 0 Å². The molecule has 1 heterocycles. The molecule has 0 aliphatic heterocycles. The summed E-state index contributed by atoms with van der Waals surface area (Å²) in [6.07, 6.45) is -0.0430. The molecular weight excluding hydrogens is 256 g/mol. The quantitative estimate of drug-likeness (QED) is 0.916. The van der Waals surface area contributed by atoms with E-state index in [4.69, 9.17) is 16.7 Å². The highest BCUT2D eigenvalue weighted by molar-refractivity contribution is 6.30. The minimum absolute atomic E-state index is 0.0430. The molecule has 0 saturated carbocycles. The highest BCUT2D eigenvalue weighted by atomic mass is 35.5. The molecule has 1 aromatic heterocycles. The normalized spacial score (nSPS) is 12.3. The van der Waals surface area contributed by atoms with Crippen LogP contribution in [0.1, 0.15) is 19.4 Å². The fourth-order valence-electron chi connectivity index (χ4n) is 1.65. The lowest BCUT2D eigenvalue weighted by molar-refractivity contribution is -0.137. The van der Waals surface area contributed by atoms with E-state index in [1.165, 1.54) is 4.68 Å². The van der Waals surface area contributed by atoms with E-state index in [1.807, 2.05) is 6.07 Å². The van der Waals surface area contributed by atoms with Gasteiger partial charge in [0.2, 0.25) is 0 Å². The summed E-state index contributed by atoms with van der Waals surface area (Å²) < 4.78 is 1.49. The third-order valence-corrected chi connectivity index (χ3v) is 2.70. The van der Waals surface area contributed by atoms with Crippen LogP contribution in [-0.4, -0.2) is 31.3 Å². The number of hydrogen-bond acceptors (Lipinski definition) is 4. The number of nitrogens with zero attached hydrogens (tertiary/aromatic N) is 4. The molecule has 0 fully saturated rings. The van der Waals surface area contributed by atoms with E-state index in [2.05, 4.69) is 15.5 Å². The lowest BCUT2D eigenvalue weighted by Gasteiger charge is -2.10. The van der Waals surface area contributed by atoms with Gasteiger partial charge >= 0.3 is 5.97 Å². The Morgan fingerprint density at radius 3 is 3.00 bits per heavy atom. The molecule has 0 amide bonds. The average Bonchev–Trinajstić information content (AvgIpc) is 2.76. The third kappa shape index (κ3) is 2.65. The van der Waals surface area contributed by atoms with Crippen molar-refractivity contribution in [3.63, 3.8) is 0 Å². The predicted molar refractivity (Wildman–Crippen MR) is 65.2 cm³/mol. The first-order chi connectivity index (χ1) is 8.58. The maximum Gasteiger partial charge on any atom is 0.305 e. The molecule has 2 aromatic rings. The van der Waals surface area contributed by atoms with Crippen LogP contribution in [0, 0.1) is 0 Å². The van der Waals surface area contributed by atoms with Gasteiger partial charge in [-0.1, -0.05) is 23.7 Å². The number of hydrogen-bond donors (Lipinski definition) is 1. The number of halogens is 1. The lowest BCUT2D eigenvalue weighted by atomic mass is 10.2. The van der Waals surface area contributed by atoms with Gasteiger partial charge in [0.25, 0.3) is 0 Å². The Balaban J connectivity index is 2.35. The van der Waals surface area contributed by atoms with E-state index in [1.54, 1.807) is 25.1 Å². The van der Waals surface area contributed by atoms with Gasteiger partial charge in [-0.15, -0.1) is 5.10 Å². The first-order valence-corrected chi connectivity index (χ1v) is 5.71.